The van der Waals surface area contributed by atoms with E-state index in [1.54, 1.807) is 20.8 Å². The number of fused-ring (bicyclic) bond motifs is 1. The molecule has 1 heterocycles. The van der Waals surface area contributed by atoms with Crippen LogP contribution in [0.5, 0.6) is 0 Å². The van der Waals surface area contributed by atoms with Crippen LogP contribution in [-0.4, -0.2) is 20.1 Å². The third kappa shape index (κ3) is 4.43. The molecule has 0 saturated carbocycles. The van der Waals surface area contributed by atoms with Gasteiger partial charge < -0.3 is 0 Å². The van der Waals surface area contributed by atoms with Crippen LogP contribution in [0.25, 0.3) is 10.8 Å². The van der Waals surface area contributed by atoms with Crippen LogP contribution >= 0.6 is 11.6 Å². The number of pyridine rings is 1. The molecule has 8 heteroatoms. The summed E-state index contributed by atoms with van der Waals surface area (Å²) in [4.78, 5) is 3.89. The first kappa shape index (κ1) is 18.2. The molecule has 23 heavy (non-hydrogen) atoms. The number of rotatable bonds is 3. The van der Waals surface area contributed by atoms with Crippen molar-refractivity contribution in [2.75, 3.05) is 0 Å². The van der Waals surface area contributed by atoms with Gasteiger partial charge in [0, 0.05) is 11.6 Å². The Balaban J connectivity index is 2.45. The molecule has 2 rings (SSSR count). The van der Waals surface area contributed by atoms with Gasteiger partial charge in [0.25, 0.3) is 0 Å². The maximum Gasteiger partial charge on any atom is 0.408 e. The van der Waals surface area contributed by atoms with Crippen LogP contribution in [-0.2, 0) is 11.0 Å². The van der Waals surface area contributed by atoms with Gasteiger partial charge in [0.1, 0.15) is 11.2 Å². The summed E-state index contributed by atoms with van der Waals surface area (Å²) in [5.41, 5.74) is -0.0233. The molecule has 0 aliphatic heterocycles. The number of aromatic nitrogens is 1. The van der Waals surface area contributed by atoms with Crippen molar-refractivity contribution in [1.82, 2.24) is 9.71 Å². The summed E-state index contributed by atoms with van der Waals surface area (Å²) in [5, 5.41) is 1.42. The summed E-state index contributed by atoms with van der Waals surface area (Å²) in [6.07, 6.45) is -3.09. The van der Waals surface area contributed by atoms with Crippen LogP contribution in [0.2, 0.25) is 5.15 Å². The number of halogens is 4. The Labute approximate surface area is 139 Å². The Hall–Kier alpha value is -1.18. The van der Waals surface area contributed by atoms with Crippen molar-refractivity contribution in [2.24, 2.45) is 0 Å². The van der Waals surface area contributed by atoms with Crippen LogP contribution in [0, 0.1) is 0 Å². The summed E-state index contributed by atoms with van der Waals surface area (Å²) >= 11 is 5.79. The molecule has 0 amide bonds. The molecular weight excluding hydrogens is 349 g/mol. The highest BCUT2D eigenvalue weighted by Gasteiger charge is 2.43. The van der Waals surface area contributed by atoms with Crippen LogP contribution in [0.1, 0.15) is 32.4 Å². The molecule has 1 aromatic heterocycles. The molecule has 0 spiro atoms. The van der Waals surface area contributed by atoms with E-state index in [0.29, 0.717) is 10.8 Å². The van der Waals surface area contributed by atoms with E-state index in [9.17, 15) is 17.4 Å². The van der Waals surface area contributed by atoms with Gasteiger partial charge >= 0.3 is 6.18 Å². The van der Waals surface area contributed by atoms with Crippen LogP contribution in [0.4, 0.5) is 13.2 Å². The number of alkyl halides is 3. The highest BCUT2D eigenvalue weighted by atomic mass is 35.5. The van der Waals surface area contributed by atoms with E-state index in [1.165, 1.54) is 30.5 Å². The van der Waals surface area contributed by atoms with E-state index in [0.717, 1.165) is 0 Å². The maximum atomic E-state index is 13.4. The molecule has 1 unspecified atom stereocenters. The first-order valence-electron chi connectivity index (χ1n) is 6.78. The third-order valence-electron chi connectivity index (χ3n) is 3.15. The van der Waals surface area contributed by atoms with Crippen molar-refractivity contribution in [3.05, 3.63) is 41.2 Å². The van der Waals surface area contributed by atoms with Gasteiger partial charge in [-0.05, 0) is 43.9 Å². The minimum atomic E-state index is -4.58. The minimum Gasteiger partial charge on any atom is -0.244 e. The fourth-order valence-corrected chi connectivity index (χ4v) is 2.92. The van der Waals surface area contributed by atoms with Crippen molar-refractivity contribution in [1.29, 1.82) is 0 Å². The molecule has 0 saturated heterocycles. The average Bonchev–Trinajstić information content (AvgIpc) is 2.41. The van der Waals surface area contributed by atoms with E-state index in [1.807, 2.05) is 0 Å². The molecule has 3 nitrogen and oxygen atoms in total. The SMILES string of the molecule is CC(C)(C)S(=O)N[C@@H](c1ccc2cnc(Cl)cc2c1)C(F)(F)F. The molecule has 2 aromatic rings. The first-order valence-corrected chi connectivity index (χ1v) is 8.31. The zero-order valence-electron chi connectivity index (χ0n) is 12.7. The van der Waals surface area contributed by atoms with Crippen LogP contribution < -0.4 is 4.72 Å². The van der Waals surface area contributed by atoms with Gasteiger partial charge in [0.05, 0.1) is 15.7 Å². The number of nitrogens with zero attached hydrogens (tertiary/aromatic N) is 1. The highest BCUT2D eigenvalue weighted by Crippen LogP contribution is 2.35. The van der Waals surface area contributed by atoms with E-state index in [4.69, 9.17) is 11.6 Å². The lowest BCUT2D eigenvalue weighted by molar-refractivity contribution is -0.152. The fraction of sp³-hybridized carbons (Fsp3) is 0.400. The van der Waals surface area contributed by atoms with E-state index < -0.39 is 28.0 Å². The van der Waals surface area contributed by atoms with Crippen molar-refractivity contribution >= 4 is 33.4 Å². The molecular formula is C15H16ClF3N2OS. The van der Waals surface area contributed by atoms with Crippen molar-refractivity contribution in [3.8, 4) is 0 Å². The lowest BCUT2D eigenvalue weighted by atomic mass is 10.0. The molecule has 1 aromatic carbocycles. The van der Waals surface area contributed by atoms with E-state index in [-0.39, 0.29) is 10.7 Å². The molecule has 126 valence electrons. The Bertz CT molecular complexity index is 744. The van der Waals surface area contributed by atoms with Gasteiger partial charge in [-0.25, -0.2) is 13.9 Å². The Kier molecular flexibility index (Phi) is 5.03. The predicted octanol–water partition coefficient (Wildman–Crippen LogP) is 4.54. The summed E-state index contributed by atoms with van der Waals surface area (Å²) in [6.45, 7) is 4.82. The second kappa shape index (κ2) is 6.37. The minimum absolute atomic E-state index is 0.0233. The molecule has 0 fully saturated rings. The smallest absolute Gasteiger partial charge is 0.244 e. The Morgan fingerprint density at radius 3 is 2.39 bits per heavy atom. The van der Waals surface area contributed by atoms with Gasteiger partial charge in [-0.2, -0.15) is 13.2 Å². The van der Waals surface area contributed by atoms with Crippen molar-refractivity contribution < 1.29 is 17.4 Å². The topological polar surface area (TPSA) is 42.0 Å². The second-order valence-corrected chi connectivity index (χ2v) is 8.47. The zero-order valence-corrected chi connectivity index (χ0v) is 14.3. The third-order valence-corrected chi connectivity index (χ3v) is 4.92. The summed E-state index contributed by atoms with van der Waals surface area (Å²) < 4.78 is 53.7. The molecule has 2 atom stereocenters. The first-order chi connectivity index (χ1) is 10.5. The molecule has 0 aliphatic rings. The maximum absolute atomic E-state index is 13.4. The van der Waals surface area contributed by atoms with E-state index in [2.05, 4.69) is 9.71 Å². The summed E-state index contributed by atoms with van der Waals surface area (Å²) in [7, 11) is -1.86. The average molecular weight is 365 g/mol. The fourth-order valence-electron chi connectivity index (χ4n) is 1.92. The normalized spacial score (nSPS) is 15.6. The number of nitrogens with one attached hydrogen (secondary N) is 1. The largest absolute Gasteiger partial charge is 0.408 e. The summed E-state index contributed by atoms with van der Waals surface area (Å²) in [5.74, 6) is 0. The molecule has 0 aliphatic carbocycles. The lowest BCUT2D eigenvalue weighted by Gasteiger charge is -2.26. The quantitative estimate of drug-likeness (QED) is 0.812. The Morgan fingerprint density at radius 1 is 1.17 bits per heavy atom. The van der Waals surface area contributed by atoms with Gasteiger partial charge in [0.15, 0.2) is 0 Å². The monoisotopic (exact) mass is 364 g/mol. The second-order valence-electron chi connectivity index (χ2n) is 6.09. The Morgan fingerprint density at radius 2 is 1.83 bits per heavy atom. The van der Waals surface area contributed by atoms with Crippen LogP contribution in [0.3, 0.4) is 0 Å². The predicted molar refractivity (Wildman–Crippen MR) is 86.6 cm³/mol. The highest BCUT2D eigenvalue weighted by molar-refractivity contribution is 7.84. The molecule has 1 N–H and O–H groups in total. The standard InChI is InChI=1S/C15H16ClF3N2OS/c1-14(2,3)23(22)21-13(15(17,18)19)9-4-5-10-8-20-12(16)7-11(10)6-9/h4-8,13,21H,1-3H3/t13-,23?/m0/s1. The van der Waals surface area contributed by atoms with Gasteiger partial charge in [-0.3, -0.25) is 0 Å². The summed E-state index contributed by atoms with van der Waals surface area (Å²) in [6, 6.07) is 3.73. The number of hydrogen-bond donors (Lipinski definition) is 1. The van der Waals surface area contributed by atoms with Crippen molar-refractivity contribution in [3.63, 3.8) is 0 Å². The van der Waals surface area contributed by atoms with Crippen LogP contribution in [0.15, 0.2) is 30.5 Å². The van der Waals surface area contributed by atoms with Gasteiger partial charge in [-0.15, -0.1) is 0 Å². The molecule has 0 radical (unpaired) electrons. The van der Waals surface area contributed by atoms with E-state index >= 15 is 0 Å². The van der Waals surface area contributed by atoms with Gasteiger partial charge in [-0.1, -0.05) is 23.7 Å². The molecule has 0 bridgehead atoms. The van der Waals surface area contributed by atoms with Gasteiger partial charge in [0.2, 0.25) is 0 Å². The van der Waals surface area contributed by atoms with Crippen molar-refractivity contribution in [2.45, 2.75) is 37.7 Å². The lowest BCUT2D eigenvalue weighted by Crippen LogP contribution is -2.41. The zero-order chi connectivity index (χ0) is 17.4. The number of hydrogen-bond acceptors (Lipinski definition) is 2. The number of benzene rings is 1.